The van der Waals surface area contributed by atoms with Crippen LogP contribution in [0.15, 0.2) is 39.6 Å². The van der Waals surface area contributed by atoms with Gasteiger partial charge in [-0.15, -0.1) is 0 Å². The molecule has 0 aromatic rings. The van der Waals surface area contributed by atoms with Gasteiger partial charge in [0.05, 0.1) is 0 Å². The van der Waals surface area contributed by atoms with Crippen LogP contribution in [0.2, 0.25) is 0 Å². The van der Waals surface area contributed by atoms with Crippen LogP contribution in [0.4, 0.5) is 0 Å². The van der Waals surface area contributed by atoms with Gasteiger partial charge < -0.3 is 0 Å². The third-order valence-electron chi connectivity index (χ3n) is 3.92. The highest BCUT2D eigenvalue weighted by atomic mass is 16.1. The molecule has 0 bridgehead atoms. The fourth-order valence-corrected chi connectivity index (χ4v) is 2.49. The molecule has 0 amide bonds. The molecule has 0 unspecified atom stereocenters. The van der Waals surface area contributed by atoms with Crippen molar-refractivity contribution in [1.82, 2.24) is 0 Å². The molecule has 0 aromatic carbocycles. The largest absolute Gasteiger partial charge is 0.289 e. The number of Topliss-reactive ketones (excluding diaryl/α,β-unsaturated/α-hetero) is 2. The van der Waals surface area contributed by atoms with Crippen LogP contribution in [-0.2, 0) is 9.59 Å². The zero-order valence-corrected chi connectivity index (χ0v) is 11.7. The summed E-state index contributed by atoms with van der Waals surface area (Å²) in [7, 11) is 0. The molecule has 0 saturated heterocycles. The molecule has 0 atom stereocenters. The lowest BCUT2D eigenvalue weighted by Crippen LogP contribution is -2.20. The number of hydrogen-bond acceptors (Lipinski definition) is 3. The molecule has 3 heteroatoms. The minimum atomic E-state index is 0.0203. The number of hydrogen-bond donors (Lipinski definition) is 0. The second-order valence-corrected chi connectivity index (χ2v) is 5.15. The van der Waals surface area contributed by atoms with Crippen LogP contribution >= 0.6 is 0 Å². The SMILES string of the molecule is CC1=C(C)C(=O)C(CCCC2=NC=CC2)=C(C)C1=O. The van der Waals surface area contributed by atoms with Gasteiger partial charge in [-0.1, -0.05) is 6.08 Å². The van der Waals surface area contributed by atoms with Crippen molar-refractivity contribution in [3.05, 3.63) is 34.6 Å². The first-order valence-electron chi connectivity index (χ1n) is 6.69. The van der Waals surface area contributed by atoms with Gasteiger partial charge in [-0.05, 0) is 40.0 Å². The van der Waals surface area contributed by atoms with E-state index in [-0.39, 0.29) is 11.6 Å². The van der Waals surface area contributed by atoms with Crippen LogP contribution in [0.5, 0.6) is 0 Å². The Morgan fingerprint density at radius 1 is 1.00 bits per heavy atom. The minimum Gasteiger partial charge on any atom is -0.289 e. The summed E-state index contributed by atoms with van der Waals surface area (Å²) >= 11 is 0. The van der Waals surface area contributed by atoms with Crippen molar-refractivity contribution in [2.24, 2.45) is 4.99 Å². The van der Waals surface area contributed by atoms with Gasteiger partial charge in [0.25, 0.3) is 0 Å². The maximum atomic E-state index is 12.2. The van der Waals surface area contributed by atoms with Crippen molar-refractivity contribution in [2.45, 2.75) is 46.5 Å². The maximum absolute atomic E-state index is 12.2. The fraction of sp³-hybridized carbons (Fsp3) is 0.438. The number of ketones is 2. The third kappa shape index (κ3) is 2.65. The van der Waals surface area contributed by atoms with Gasteiger partial charge in [-0.3, -0.25) is 14.6 Å². The van der Waals surface area contributed by atoms with Gasteiger partial charge in [0.2, 0.25) is 0 Å². The van der Waals surface area contributed by atoms with Gasteiger partial charge in [0.1, 0.15) is 0 Å². The number of rotatable bonds is 4. The Labute approximate surface area is 113 Å². The molecule has 0 N–H and O–H groups in total. The van der Waals surface area contributed by atoms with Crippen molar-refractivity contribution >= 4 is 17.3 Å². The second-order valence-electron chi connectivity index (χ2n) is 5.15. The lowest BCUT2D eigenvalue weighted by atomic mass is 9.84. The van der Waals surface area contributed by atoms with E-state index in [0.717, 1.165) is 25.0 Å². The van der Waals surface area contributed by atoms with Gasteiger partial charge in [-0.2, -0.15) is 0 Å². The second kappa shape index (κ2) is 5.47. The summed E-state index contributed by atoms with van der Waals surface area (Å²) in [6.45, 7) is 5.24. The Balaban J connectivity index is 2.03. The fourth-order valence-electron chi connectivity index (χ4n) is 2.49. The summed E-state index contributed by atoms with van der Waals surface area (Å²) in [5.41, 5.74) is 3.68. The Hall–Kier alpha value is -1.77. The van der Waals surface area contributed by atoms with E-state index in [9.17, 15) is 9.59 Å². The number of carbonyl (C=O) groups excluding carboxylic acids is 2. The molecule has 1 aliphatic carbocycles. The zero-order chi connectivity index (χ0) is 14.0. The van der Waals surface area contributed by atoms with Crippen molar-refractivity contribution in [1.29, 1.82) is 0 Å². The molecule has 2 aliphatic rings. The molecular formula is C16H19NO2. The maximum Gasteiger partial charge on any atom is 0.185 e. The van der Waals surface area contributed by atoms with E-state index in [4.69, 9.17) is 0 Å². The summed E-state index contributed by atoms with van der Waals surface area (Å²) in [5.74, 6) is 0.0630. The van der Waals surface area contributed by atoms with Crippen LogP contribution in [0, 0.1) is 0 Å². The molecule has 19 heavy (non-hydrogen) atoms. The molecule has 2 rings (SSSR count). The quantitative estimate of drug-likeness (QED) is 0.725. The lowest BCUT2D eigenvalue weighted by molar-refractivity contribution is -0.116. The van der Waals surface area contributed by atoms with Gasteiger partial charge in [0.15, 0.2) is 11.6 Å². The Bertz CT molecular complexity index is 559. The number of carbonyl (C=O) groups is 2. The molecule has 0 saturated carbocycles. The van der Waals surface area contributed by atoms with Crippen molar-refractivity contribution in [3.8, 4) is 0 Å². The first-order valence-corrected chi connectivity index (χ1v) is 6.69. The molecule has 0 spiro atoms. The molecule has 1 aliphatic heterocycles. The number of nitrogens with zero attached hydrogens (tertiary/aromatic N) is 1. The standard InChI is InChI=1S/C16H19NO2/c1-10-11(2)16(19)14(12(3)15(10)18)8-4-6-13-7-5-9-17-13/h5,9H,4,6-8H2,1-3H3. The van der Waals surface area contributed by atoms with Crippen molar-refractivity contribution < 1.29 is 9.59 Å². The summed E-state index contributed by atoms with van der Waals surface area (Å²) < 4.78 is 0. The lowest BCUT2D eigenvalue weighted by Gasteiger charge is -2.18. The highest BCUT2D eigenvalue weighted by molar-refractivity contribution is 6.24. The zero-order valence-electron chi connectivity index (χ0n) is 11.7. The third-order valence-corrected chi connectivity index (χ3v) is 3.92. The first kappa shape index (κ1) is 13.7. The topological polar surface area (TPSA) is 46.5 Å². The van der Waals surface area contributed by atoms with Gasteiger partial charge >= 0.3 is 0 Å². The van der Waals surface area contributed by atoms with Crippen LogP contribution in [-0.4, -0.2) is 17.3 Å². The average molecular weight is 257 g/mol. The summed E-state index contributed by atoms with van der Waals surface area (Å²) in [5, 5.41) is 0. The molecule has 0 aromatic heterocycles. The van der Waals surface area contributed by atoms with E-state index < -0.39 is 0 Å². The van der Waals surface area contributed by atoms with Gasteiger partial charge in [-0.25, -0.2) is 0 Å². The van der Waals surface area contributed by atoms with Crippen molar-refractivity contribution in [2.75, 3.05) is 0 Å². The summed E-state index contributed by atoms with van der Waals surface area (Å²) in [6, 6.07) is 0. The highest BCUT2D eigenvalue weighted by Crippen LogP contribution is 2.27. The molecule has 100 valence electrons. The van der Waals surface area contributed by atoms with E-state index in [0.29, 0.717) is 28.7 Å². The first-order chi connectivity index (χ1) is 9.02. The van der Waals surface area contributed by atoms with Gasteiger partial charge in [0, 0.05) is 40.6 Å². The van der Waals surface area contributed by atoms with E-state index in [1.54, 1.807) is 20.8 Å². The van der Waals surface area contributed by atoms with E-state index in [1.165, 1.54) is 0 Å². The molecule has 0 radical (unpaired) electrons. The Morgan fingerprint density at radius 2 is 1.68 bits per heavy atom. The molecule has 0 fully saturated rings. The molecular weight excluding hydrogens is 238 g/mol. The number of aliphatic imine (C=N–C) groups is 1. The minimum absolute atomic E-state index is 0.0203. The predicted molar refractivity (Wildman–Crippen MR) is 76.1 cm³/mol. The van der Waals surface area contributed by atoms with E-state index in [2.05, 4.69) is 4.99 Å². The predicted octanol–water partition coefficient (Wildman–Crippen LogP) is 3.32. The normalized spacial score (nSPS) is 19.6. The van der Waals surface area contributed by atoms with Crippen LogP contribution in [0.3, 0.4) is 0 Å². The molecule has 3 nitrogen and oxygen atoms in total. The van der Waals surface area contributed by atoms with E-state index in [1.807, 2.05) is 12.3 Å². The average Bonchev–Trinajstić information content (AvgIpc) is 2.91. The highest BCUT2D eigenvalue weighted by Gasteiger charge is 2.27. The Kier molecular flexibility index (Phi) is 3.93. The smallest absolute Gasteiger partial charge is 0.185 e. The Morgan fingerprint density at radius 3 is 2.32 bits per heavy atom. The van der Waals surface area contributed by atoms with Crippen molar-refractivity contribution in [3.63, 3.8) is 0 Å². The molecule has 1 heterocycles. The van der Waals surface area contributed by atoms with E-state index >= 15 is 0 Å². The summed E-state index contributed by atoms with van der Waals surface area (Å²) in [6.07, 6.45) is 7.21. The van der Waals surface area contributed by atoms with Crippen LogP contribution in [0.25, 0.3) is 0 Å². The van der Waals surface area contributed by atoms with Crippen LogP contribution in [0.1, 0.15) is 46.5 Å². The number of allylic oxidation sites excluding steroid dienone is 5. The summed E-state index contributed by atoms with van der Waals surface area (Å²) in [4.78, 5) is 28.5. The monoisotopic (exact) mass is 257 g/mol. The van der Waals surface area contributed by atoms with Crippen LogP contribution < -0.4 is 0 Å².